The maximum Gasteiger partial charge on any atom is 0.462 e. The molecule has 0 atom stereocenters. The van der Waals surface area contributed by atoms with Crippen molar-refractivity contribution in [1.29, 1.82) is 0 Å². The van der Waals surface area contributed by atoms with Crippen LogP contribution in [0.2, 0.25) is 0 Å². The SMILES string of the molecule is Cc1c(N)cc(C=O)cc1CB1OC(C)(C)C(C)(C)O1. The van der Waals surface area contributed by atoms with Crippen molar-refractivity contribution < 1.29 is 14.1 Å². The van der Waals surface area contributed by atoms with E-state index in [4.69, 9.17) is 15.0 Å². The number of carbonyl (C=O) groups excluding carboxylic acids is 1. The molecular weight excluding hydrogens is 253 g/mol. The Morgan fingerprint density at radius 3 is 2.25 bits per heavy atom. The second-order valence-electron chi connectivity index (χ2n) is 6.40. The van der Waals surface area contributed by atoms with Gasteiger partial charge in [-0.2, -0.15) is 0 Å². The van der Waals surface area contributed by atoms with Gasteiger partial charge < -0.3 is 15.0 Å². The third-order valence-corrected chi connectivity index (χ3v) is 4.40. The van der Waals surface area contributed by atoms with E-state index in [1.54, 1.807) is 6.07 Å². The van der Waals surface area contributed by atoms with E-state index >= 15 is 0 Å². The zero-order valence-corrected chi connectivity index (χ0v) is 12.8. The molecule has 1 heterocycles. The number of hydrogen-bond acceptors (Lipinski definition) is 4. The Labute approximate surface area is 120 Å². The fraction of sp³-hybridized carbons (Fsp3) is 0.533. The Morgan fingerprint density at radius 1 is 1.20 bits per heavy atom. The number of carbonyl (C=O) groups is 1. The minimum absolute atomic E-state index is 0.319. The monoisotopic (exact) mass is 275 g/mol. The third-order valence-electron chi connectivity index (χ3n) is 4.40. The molecule has 1 aromatic rings. The van der Waals surface area contributed by atoms with E-state index in [1.165, 1.54) is 0 Å². The van der Waals surface area contributed by atoms with E-state index < -0.39 is 0 Å². The van der Waals surface area contributed by atoms with Crippen molar-refractivity contribution in [3.63, 3.8) is 0 Å². The lowest BCUT2D eigenvalue weighted by molar-refractivity contribution is 0.00578. The highest BCUT2D eigenvalue weighted by Crippen LogP contribution is 2.37. The van der Waals surface area contributed by atoms with Gasteiger partial charge in [0.05, 0.1) is 11.2 Å². The molecule has 0 saturated carbocycles. The van der Waals surface area contributed by atoms with Gasteiger partial charge in [0, 0.05) is 17.6 Å². The van der Waals surface area contributed by atoms with Gasteiger partial charge in [-0.1, -0.05) is 0 Å². The van der Waals surface area contributed by atoms with Gasteiger partial charge in [-0.3, -0.25) is 4.79 Å². The highest BCUT2D eigenvalue weighted by atomic mass is 16.7. The van der Waals surface area contributed by atoms with Gasteiger partial charge in [-0.15, -0.1) is 0 Å². The molecule has 0 amide bonds. The summed E-state index contributed by atoms with van der Waals surface area (Å²) in [6.45, 7) is 10.0. The van der Waals surface area contributed by atoms with Gasteiger partial charge in [0.25, 0.3) is 0 Å². The van der Waals surface area contributed by atoms with Gasteiger partial charge in [-0.25, -0.2) is 0 Å². The van der Waals surface area contributed by atoms with Crippen LogP contribution in [0.4, 0.5) is 5.69 Å². The first-order valence-corrected chi connectivity index (χ1v) is 6.86. The van der Waals surface area contributed by atoms with Crippen LogP contribution in [0.5, 0.6) is 0 Å². The van der Waals surface area contributed by atoms with Crippen LogP contribution in [0.3, 0.4) is 0 Å². The lowest BCUT2D eigenvalue weighted by atomic mass is 9.78. The molecule has 0 radical (unpaired) electrons. The number of nitrogens with two attached hydrogens (primary N) is 1. The van der Waals surface area contributed by atoms with Gasteiger partial charge in [0.15, 0.2) is 0 Å². The lowest BCUT2D eigenvalue weighted by Crippen LogP contribution is -2.41. The molecule has 2 N–H and O–H groups in total. The molecular formula is C15H22BNO3. The van der Waals surface area contributed by atoms with Crippen LogP contribution >= 0.6 is 0 Å². The number of hydrogen-bond donors (Lipinski definition) is 1. The molecule has 1 saturated heterocycles. The first-order chi connectivity index (χ1) is 9.16. The molecule has 4 nitrogen and oxygen atoms in total. The Kier molecular flexibility index (Phi) is 3.69. The van der Waals surface area contributed by atoms with Crippen molar-refractivity contribution in [2.75, 3.05) is 5.73 Å². The molecule has 1 fully saturated rings. The van der Waals surface area contributed by atoms with Crippen molar-refractivity contribution in [2.45, 2.75) is 52.1 Å². The average molecular weight is 275 g/mol. The van der Waals surface area contributed by atoms with Crippen LogP contribution < -0.4 is 5.73 Å². The molecule has 2 rings (SSSR count). The van der Waals surface area contributed by atoms with Crippen molar-refractivity contribution in [2.24, 2.45) is 0 Å². The zero-order chi connectivity index (χ0) is 15.1. The molecule has 0 spiro atoms. The van der Waals surface area contributed by atoms with Gasteiger partial charge >= 0.3 is 7.12 Å². The maximum atomic E-state index is 10.9. The van der Waals surface area contributed by atoms with E-state index in [0.717, 1.165) is 17.4 Å². The van der Waals surface area contributed by atoms with Crippen LogP contribution in [0.15, 0.2) is 12.1 Å². The first-order valence-electron chi connectivity index (χ1n) is 6.86. The van der Waals surface area contributed by atoms with Crippen molar-refractivity contribution in [1.82, 2.24) is 0 Å². The molecule has 0 bridgehead atoms. The van der Waals surface area contributed by atoms with Gasteiger partial charge in [0.2, 0.25) is 0 Å². The predicted octanol–water partition coefficient (Wildman–Crippen LogP) is 2.56. The van der Waals surface area contributed by atoms with E-state index in [2.05, 4.69) is 0 Å². The average Bonchev–Trinajstić information content (AvgIpc) is 2.53. The molecule has 0 aliphatic carbocycles. The summed E-state index contributed by atoms with van der Waals surface area (Å²) in [5.74, 6) is 0. The second-order valence-corrected chi connectivity index (χ2v) is 6.40. The lowest BCUT2D eigenvalue weighted by Gasteiger charge is -2.32. The second kappa shape index (κ2) is 4.90. The van der Waals surface area contributed by atoms with Crippen LogP contribution in [0.25, 0.3) is 0 Å². The topological polar surface area (TPSA) is 61.6 Å². The molecule has 1 aromatic carbocycles. The molecule has 108 valence electrons. The summed E-state index contributed by atoms with van der Waals surface area (Å²) in [7, 11) is -0.319. The standard InChI is InChI=1S/C15H22BNO3/c1-10-12(6-11(9-18)7-13(10)17)8-16-19-14(2,3)15(4,5)20-16/h6-7,9H,8,17H2,1-5H3. The minimum atomic E-state index is -0.348. The summed E-state index contributed by atoms with van der Waals surface area (Å²) in [6.07, 6.45) is 1.40. The van der Waals surface area contributed by atoms with Crippen molar-refractivity contribution >= 4 is 19.1 Å². The normalized spacial score (nSPS) is 20.1. The van der Waals surface area contributed by atoms with E-state index in [-0.39, 0.29) is 18.3 Å². The molecule has 0 unspecified atom stereocenters. The maximum absolute atomic E-state index is 10.9. The van der Waals surface area contributed by atoms with E-state index in [0.29, 0.717) is 17.6 Å². The summed E-state index contributed by atoms with van der Waals surface area (Å²) < 4.78 is 12.0. The summed E-state index contributed by atoms with van der Waals surface area (Å²) in [5, 5.41) is 0. The van der Waals surface area contributed by atoms with Crippen LogP contribution in [0, 0.1) is 6.92 Å². The summed E-state index contributed by atoms with van der Waals surface area (Å²) in [5.41, 5.74) is 8.42. The number of nitrogen functional groups attached to an aromatic ring is 1. The largest absolute Gasteiger partial charge is 0.462 e. The van der Waals surface area contributed by atoms with Gasteiger partial charge in [0.1, 0.15) is 6.29 Å². The third kappa shape index (κ3) is 2.60. The smallest absolute Gasteiger partial charge is 0.403 e. The highest BCUT2D eigenvalue weighted by molar-refractivity contribution is 6.45. The molecule has 1 aliphatic rings. The number of anilines is 1. The van der Waals surface area contributed by atoms with E-state index in [1.807, 2.05) is 40.7 Å². The molecule has 0 aromatic heterocycles. The molecule has 5 heteroatoms. The summed E-state index contributed by atoms with van der Waals surface area (Å²) in [4.78, 5) is 10.9. The molecule has 20 heavy (non-hydrogen) atoms. The first kappa shape index (κ1) is 15.1. The minimum Gasteiger partial charge on any atom is -0.403 e. The van der Waals surface area contributed by atoms with Gasteiger partial charge in [-0.05, 0) is 57.9 Å². The van der Waals surface area contributed by atoms with Crippen LogP contribution in [0.1, 0.15) is 49.2 Å². The van der Waals surface area contributed by atoms with Crippen molar-refractivity contribution in [3.05, 3.63) is 28.8 Å². The van der Waals surface area contributed by atoms with Crippen LogP contribution in [-0.2, 0) is 15.6 Å². The Hall–Kier alpha value is -1.33. The number of rotatable bonds is 3. The quantitative estimate of drug-likeness (QED) is 0.523. The molecule has 1 aliphatic heterocycles. The predicted molar refractivity (Wildman–Crippen MR) is 80.8 cm³/mol. The Morgan fingerprint density at radius 2 is 1.75 bits per heavy atom. The fourth-order valence-electron chi connectivity index (χ4n) is 2.33. The van der Waals surface area contributed by atoms with Crippen LogP contribution in [-0.4, -0.2) is 24.6 Å². The van der Waals surface area contributed by atoms with Crippen molar-refractivity contribution in [3.8, 4) is 0 Å². The number of aldehydes is 1. The summed E-state index contributed by atoms with van der Waals surface area (Å²) in [6, 6.07) is 3.54. The summed E-state index contributed by atoms with van der Waals surface area (Å²) >= 11 is 0. The Bertz CT molecular complexity index is 524. The fourth-order valence-corrected chi connectivity index (χ4v) is 2.33. The number of benzene rings is 1. The van der Waals surface area contributed by atoms with E-state index in [9.17, 15) is 4.79 Å². The Balaban J connectivity index is 2.24. The highest BCUT2D eigenvalue weighted by Gasteiger charge is 2.50. The zero-order valence-electron chi connectivity index (χ0n) is 12.8.